The van der Waals surface area contributed by atoms with Crippen LogP contribution < -0.4 is 10.6 Å². The van der Waals surface area contributed by atoms with Crippen LogP contribution in [0.4, 0.5) is 0 Å². The van der Waals surface area contributed by atoms with Gasteiger partial charge in [0.05, 0.1) is 6.04 Å². The van der Waals surface area contributed by atoms with Gasteiger partial charge in [-0.15, -0.1) is 0 Å². The van der Waals surface area contributed by atoms with E-state index in [4.69, 9.17) is 4.74 Å². The van der Waals surface area contributed by atoms with Gasteiger partial charge in [0.2, 0.25) is 5.91 Å². The monoisotopic (exact) mass is 374 g/mol. The van der Waals surface area contributed by atoms with E-state index in [0.29, 0.717) is 25.0 Å². The molecule has 7 nitrogen and oxygen atoms in total. The molecular weight excluding hydrogens is 344 g/mol. The summed E-state index contributed by atoms with van der Waals surface area (Å²) in [4.78, 5) is 27.7. The molecule has 2 aliphatic heterocycles. The van der Waals surface area contributed by atoms with E-state index in [9.17, 15) is 9.59 Å². The van der Waals surface area contributed by atoms with E-state index >= 15 is 0 Å². The Hall–Kier alpha value is -1.86. The number of hydrogen-bond donors (Lipinski definition) is 2. The van der Waals surface area contributed by atoms with E-state index in [1.54, 1.807) is 0 Å². The van der Waals surface area contributed by atoms with Crippen molar-refractivity contribution in [2.45, 2.75) is 63.2 Å². The molecule has 1 aromatic heterocycles. The summed E-state index contributed by atoms with van der Waals surface area (Å²) in [7, 11) is 0. The molecule has 3 heterocycles. The average Bonchev–Trinajstić information content (AvgIpc) is 3.25. The van der Waals surface area contributed by atoms with Crippen LogP contribution in [0.5, 0.6) is 0 Å². The Morgan fingerprint density at radius 3 is 2.67 bits per heavy atom. The molecule has 2 saturated heterocycles. The number of carbonyl (C=O) groups excluding carboxylic acids is 2. The molecule has 2 atom stereocenters. The van der Waals surface area contributed by atoms with Crippen molar-refractivity contribution in [2.75, 3.05) is 26.3 Å². The van der Waals surface area contributed by atoms with E-state index in [1.807, 2.05) is 25.3 Å². The molecule has 27 heavy (non-hydrogen) atoms. The van der Waals surface area contributed by atoms with Gasteiger partial charge >= 0.3 is 0 Å². The maximum atomic E-state index is 12.8. The number of nitrogens with zero attached hydrogens (tertiary/aromatic N) is 2. The van der Waals surface area contributed by atoms with Crippen molar-refractivity contribution in [1.29, 1.82) is 0 Å². The van der Waals surface area contributed by atoms with Gasteiger partial charge in [0, 0.05) is 50.6 Å². The number of amides is 2. The third-order valence-electron chi connectivity index (χ3n) is 5.94. The number of ether oxygens (including phenoxy) is 1. The third kappa shape index (κ3) is 4.04. The van der Waals surface area contributed by atoms with Crippen LogP contribution in [0.1, 0.15) is 55.6 Å². The minimum absolute atomic E-state index is 0.00416. The molecule has 0 spiro atoms. The van der Waals surface area contributed by atoms with Gasteiger partial charge in [0.1, 0.15) is 5.69 Å². The quantitative estimate of drug-likeness (QED) is 0.787. The van der Waals surface area contributed by atoms with Gasteiger partial charge in [0.15, 0.2) is 0 Å². The maximum Gasteiger partial charge on any atom is 0.268 e. The molecular formula is C20H30N4O3. The summed E-state index contributed by atoms with van der Waals surface area (Å²) in [5.41, 5.74) is 0.733. The standard InChI is InChI=1S/C20H30N4O3/c1-2-21-19(25)18-12-14(13-24(18)16-7-10-27-11-8-16)22-20(26)17-4-3-9-23(17)15-5-6-15/h3-4,9,14-16,18H,2,5-8,10-13H2,1H3,(H,21,25)(H,22,26)/t14-,18-/m0/s1. The Labute approximate surface area is 160 Å². The highest BCUT2D eigenvalue weighted by Gasteiger charge is 2.41. The van der Waals surface area contributed by atoms with Gasteiger partial charge in [-0.25, -0.2) is 0 Å². The lowest BCUT2D eigenvalue weighted by Gasteiger charge is -2.34. The van der Waals surface area contributed by atoms with E-state index in [-0.39, 0.29) is 23.9 Å². The predicted octanol–water partition coefficient (Wildman–Crippen LogP) is 1.31. The minimum Gasteiger partial charge on any atom is -0.381 e. The molecule has 0 aromatic carbocycles. The Kier molecular flexibility index (Phi) is 5.50. The molecule has 7 heteroatoms. The molecule has 0 radical (unpaired) electrons. The minimum atomic E-state index is -0.173. The Morgan fingerprint density at radius 2 is 1.96 bits per heavy atom. The van der Waals surface area contributed by atoms with Gasteiger partial charge in [0.25, 0.3) is 5.91 Å². The number of likely N-dealkylation sites (N-methyl/N-ethyl adjacent to an activating group) is 1. The second-order valence-corrected chi connectivity index (χ2v) is 7.89. The Bertz CT molecular complexity index is 679. The summed E-state index contributed by atoms with van der Waals surface area (Å²) in [5.74, 6) is 0.0440. The zero-order valence-electron chi connectivity index (χ0n) is 16.0. The number of nitrogens with one attached hydrogen (secondary N) is 2. The molecule has 1 aromatic rings. The number of hydrogen-bond acceptors (Lipinski definition) is 4. The molecule has 4 rings (SSSR count). The second kappa shape index (κ2) is 8.02. The van der Waals surface area contributed by atoms with Crippen molar-refractivity contribution in [1.82, 2.24) is 20.1 Å². The first-order valence-corrected chi connectivity index (χ1v) is 10.3. The highest BCUT2D eigenvalue weighted by Crippen LogP contribution is 2.36. The molecule has 1 aliphatic carbocycles. The first kappa shape index (κ1) is 18.5. The van der Waals surface area contributed by atoms with Crippen molar-refractivity contribution >= 4 is 11.8 Å². The fraction of sp³-hybridized carbons (Fsp3) is 0.700. The first-order chi connectivity index (χ1) is 13.2. The van der Waals surface area contributed by atoms with Crippen LogP contribution in [0.2, 0.25) is 0 Å². The van der Waals surface area contributed by atoms with Crippen LogP contribution in [0.15, 0.2) is 18.3 Å². The largest absolute Gasteiger partial charge is 0.381 e. The Balaban J connectivity index is 1.44. The number of rotatable bonds is 6. The van der Waals surface area contributed by atoms with Gasteiger partial charge in [-0.2, -0.15) is 0 Å². The van der Waals surface area contributed by atoms with Crippen LogP contribution in [-0.4, -0.2) is 65.7 Å². The molecule has 0 bridgehead atoms. The summed E-state index contributed by atoms with van der Waals surface area (Å²) in [6.45, 7) is 4.78. The van der Waals surface area contributed by atoms with Gasteiger partial charge in [-0.05, 0) is 51.2 Å². The fourth-order valence-electron chi connectivity index (χ4n) is 4.45. The van der Waals surface area contributed by atoms with Crippen LogP contribution in [0.25, 0.3) is 0 Å². The topological polar surface area (TPSA) is 75.6 Å². The first-order valence-electron chi connectivity index (χ1n) is 10.3. The second-order valence-electron chi connectivity index (χ2n) is 7.89. The number of aromatic nitrogens is 1. The van der Waals surface area contributed by atoms with E-state index in [2.05, 4.69) is 20.1 Å². The van der Waals surface area contributed by atoms with Crippen molar-refractivity contribution in [3.63, 3.8) is 0 Å². The molecule has 2 amide bonds. The lowest BCUT2D eigenvalue weighted by Crippen LogP contribution is -2.49. The smallest absolute Gasteiger partial charge is 0.268 e. The van der Waals surface area contributed by atoms with Crippen LogP contribution >= 0.6 is 0 Å². The van der Waals surface area contributed by atoms with Crippen LogP contribution in [0, 0.1) is 0 Å². The highest BCUT2D eigenvalue weighted by atomic mass is 16.5. The number of likely N-dealkylation sites (tertiary alicyclic amines) is 1. The molecule has 3 fully saturated rings. The predicted molar refractivity (Wildman–Crippen MR) is 102 cm³/mol. The summed E-state index contributed by atoms with van der Waals surface area (Å²) in [6.07, 6.45) is 6.85. The maximum absolute atomic E-state index is 12.8. The molecule has 0 unspecified atom stereocenters. The average molecular weight is 374 g/mol. The van der Waals surface area contributed by atoms with E-state index < -0.39 is 0 Å². The zero-order chi connectivity index (χ0) is 18.8. The normalized spacial score (nSPS) is 26.9. The van der Waals surface area contributed by atoms with Crippen molar-refractivity contribution in [2.24, 2.45) is 0 Å². The summed E-state index contributed by atoms with van der Waals surface area (Å²) in [5, 5.41) is 6.15. The lowest BCUT2D eigenvalue weighted by molar-refractivity contribution is -0.126. The fourth-order valence-corrected chi connectivity index (χ4v) is 4.45. The van der Waals surface area contributed by atoms with Gasteiger partial charge in [-0.1, -0.05) is 0 Å². The van der Waals surface area contributed by atoms with Crippen molar-refractivity contribution in [3.8, 4) is 0 Å². The van der Waals surface area contributed by atoms with E-state index in [1.165, 1.54) is 0 Å². The van der Waals surface area contributed by atoms with Crippen LogP contribution in [-0.2, 0) is 9.53 Å². The third-order valence-corrected chi connectivity index (χ3v) is 5.94. The van der Waals surface area contributed by atoms with Crippen LogP contribution in [0.3, 0.4) is 0 Å². The van der Waals surface area contributed by atoms with Gasteiger partial charge in [-0.3, -0.25) is 14.5 Å². The molecule has 2 N–H and O–H groups in total. The molecule has 1 saturated carbocycles. The highest BCUT2D eigenvalue weighted by molar-refractivity contribution is 5.93. The SMILES string of the molecule is CCNC(=O)[C@@H]1C[C@H](NC(=O)c2cccn2C2CC2)CN1C1CCOCC1. The van der Waals surface area contributed by atoms with E-state index in [0.717, 1.165) is 51.1 Å². The lowest BCUT2D eigenvalue weighted by atomic mass is 10.1. The summed E-state index contributed by atoms with van der Waals surface area (Å²) >= 11 is 0. The summed E-state index contributed by atoms with van der Waals surface area (Å²) < 4.78 is 7.57. The summed E-state index contributed by atoms with van der Waals surface area (Å²) in [6, 6.07) is 4.48. The Morgan fingerprint density at radius 1 is 1.19 bits per heavy atom. The molecule has 3 aliphatic rings. The van der Waals surface area contributed by atoms with Crippen molar-refractivity contribution in [3.05, 3.63) is 24.0 Å². The van der Waals surface area contributed by atoms with Gasteiger partial charge < -0.3 is 19.9 Å². The molecule has 148 valence electrons. The zero-order valence-corrected chi connectivity index (χ0v) is 16.0. The van der Waals surface area contributed by atoms with Crippen molar-refractivity contribution < 1.29 is 14.3 Å². The number of carbonyl (C=O) groups is 2.